The number of ether oxygens (including phenoxy) is 1. The van der Waals surface area contributed by atoms with Gasteiger partial charge in [0.15, 0.2) is 11.6 Å². The summed E-state index contributed by atoms with van der Waals surface area (Å²) in [6.45, 7) is 0. The molecule has 0 fully saturated rings. The number of aliphatic hydroxyl groups is 1. The van der Waals surface area contributed by atoms with Crippen molar-refractivity contribution in [2.45, 2.75) is 18.9 Å². The number of methoxy groups -OCH3 is 1. The Labute approximate surface area is 120 Å². The van der Waals surface area contributed by atoms with E-state index >= 15 is 0 Å². The van der Waals surface area contributed by atoms with Gasteiger partial charge in [0.05, 0.1) is 13.2 Å². The van der Waals surface area contributed by atoms with E-state index in [4.69, 9.17) is 4.74 Å². The van der Waals surface area contributed by atoms with Gasteiger partial charge < -0.3 is 9.84 Å². The molecule has 2 aromatic rings. The monoisotopic (exact) mass is 296 g/mol. The Kier molecular flexibility index (Phi) is 4.85. The van der Waals surface area contributed by atoms with E-state index in [0.717, 1.165) is 12.1 Å². The molecule has 0 heterocycles. The Balaban J connectivity index is 2.08. The van der Waals surface area contributed by atoms with Gasteiger partial charge in [0.2, 0.25) is 0 Å². The van der Waals surface area contributed by atoms with Crippen LogP contribution < -0.4 is 4.74 Å². The van der Waals surface area contributed by atoms with E-state index < -0.39 is 23.6 Å². The van der Waals surface area contributed by atoms with Crippen LogP contribution >= 0.6 is 0 Å². The van der Waals surface area contributed by atoms with Crippen LogP contribution in [0.1, 0.15) is 11.1 Å². The Morgan fingerprint density at radius 1 is 1.00 bits per heavy atom. The molecule has 0 spiro atoms. The first-order valence-electron chi connectivity index (χ1n) is 6.44. The highest BCUT2D eigenvalue weighted by atomic mass is 19.1. The molecular weight excluding hydrogens is 281 g/mol. The van der Waals surface area contributed by atoms with Gasteiger partial charge in [-0.05, 0) is 36.2 Å². The standard InChI is InChI=1S/C16H15F3O2/c1-21-16-6-5-10(8-15(16)19)7-11(20)9-12-13(17)3-2-4-14(12)18/h2-6,8,11,20H,7,9H2,1H3. The van der Waals surface area contributed by atoms with Crippen molar-refractivity contribution < 1.29 is 23.0 Å². The van der Waals surface area contributed by atoms with Gasteiger partial charge in [0, 0.05) is 12.0 Å². The topological polar surface area (TPSA) is 29.5 Å². The third-order valence-corrected chi connectivity index (χ3v) is 3.19. The quantitative estimate of drug-likeness (QED) is 0.917. The van der Waals surface area contributed by atoms with E-state index in [1.54, 1.807) is 6.07 Å². The Bertz CT molecular complexity index is 609. The average Bonchev–Trinajstić information content (AvgIpc) is 2.43. The van der Waals surface area contributed by atoms with E-state index in [1.165, 1.54) is 25.3 Å². The molecular formula is C16H15F3O2. The van der Waals surface area contributed by atoms with Crippen LogP contribution in [0.4, 0.5) is 13.2 Å². The number of rotatable bonds is 5. The Morgan fingerprint density at radius 2 is 1.67 bits per heavy atom. The molecule has 112 valence electrons. The molecule has 0 aliphatic heterocycles. The zero-order valence-corrected chi connectivity index (χ0v) is 11.4. The molecule has 0 amide bonds. The van der Waals surface area contributed by atoms with Crippen LogP contribution in [-0.4, -0.2) is 18.3 Å². The largest absolute Gasteiger partial charge is 0.494 e. The van der Waals surface area contributed by atoms with E-state index in [1.807, 2.05) is 0 Å². The summed E-state index contributed by atoms with van der Waals surface area (Å²) in [6, 6.07) is 7.82. The minimum atomic E-state index is -1.01. The van der Waals surface area contributed by atoms with Crippen molar-refractivity contribution >= 4 is 0 Å². The maximum Gasteiger partial charge on any atom is 0.165 e. The first-order valence-corrected chi connectivity index (χ1v) is 6.44. The SMILES string of the molecule is COc1ccc(CC(O)Cc2c(F)cccc2F)cc1F. The van der Waals surface area contributed by atoms with Crippen molar-refractivity contribution in [2.75, 3.05) is 7.11 Å². The Hall–Kier alpha value is -2.01. The summed E-state index contributed by atoms with van der Waals surface area (Å²) in [5.74, 6) is -1.84. The van der Waals surface area contributed by atoms with Gasteiger partial charge >= 0.3 is 0 Å². The fraction of sp³-hybridized carbons (Fsp3) is 0.250. The molecule has 0 aliphatic rings. The molecule has 1 unspecified atom stereocenters. The van der Waals surface area contributed by atoms with Crippen LogP contribution in [0.3, 0.4) is 0 Å². The number of benzene rings is 2. The first-order chi connectivity index (χ1) is 10.0. The van der Waals surface area contributed by atoms with Crippen molar-refractivity contribution in [3.8, 4) is 5.75 Å². The van der Waals surface area contributed by atoms with Crippen molar-refractivity contribution in [3.05, 3.63) is 65.0 Å². The summed E-state index contributed by atoms with van der Waals surface area (Å²) in [5.41, 5.74) is 0.358. The predicted molar refractivity (Wildman–Crippen MR) is 72.7 cm³/mol. The molecule has 2 aromatic carbocycles. The number of hydrogen-bond donors (Lipinski definition) is 1. The van der Waals surface area contributed by atoms with E-state index in [9.17, 15) is 18.3 Å². The average molecular weight is 296 g/mol. The van der Waals surface area contributed by atoms with E-state index in [2.05, 4.69) is 0 Å². The van der Waals surface area contributed by atoms with Gasteiger partial charge in [0.25, 0.3) is 0 Å². The van der Waals surface area contributed by atoms with Crippen molar-refractivity contribution in [2.24, 2.45) is 0 Å². The minimum absolute atomic E-state index is 0.0920. The van der Waals surface area contributed by atoms with Crippen molar-refractivity contribution in [1.29, 1.82) is 0 Å². The van der Waals surface area contributed by atoms with Crippen molar-refractivity contribution in [1.82, 2.24) is 0 Å². The second-order valence-electron chi connectivity index (χ2n) is 4.73. The second kappa shape index (κ2) is 6.63. The summed E-state index contributed by atoms with van der Waals surface area (Å²) in [7, 11) is 1.36. The lowest BCUT2D eigenvalue weighted by Crippen LogP contribution is -2.16. The molecule has 2 nitrogen and oxygen atoms in total. The second-order valence-corrected chi connectivity index (χ2v) is 4.73. The third kappa shape index (κ3) is 3.76. The summed E-state index contributed by atoms with van der Waals surface area (Å²) in [4.78, 5) is 0. The lowest BCUT2D eigenvalue weighted by Gasteiger charge is -2.13. The zero-order valence-electron chi connectivity index (χ0n) is 11.4. The third-order valence-electron chi connectivity index (χ3n) is 3.19. The molecule has 21 heavy (non-hydrogen) atoms. The molecule has 2 rings (SSSR count). The highest BCUT2D eigenvalue weighted by Crippen LogP contribution is 2.20. The zero-order chi connectivity index (χ0) is 15.4. The molecule has 5 heteroatoms. The highest BCUT2D eigenvalue weighted by Gasteiger charge is 2.15. The normalized spacial score (nSPS) is 12.2. The van der Waals surface area contributed by atoms with Crippen LogP contribution in [0, 0.1) is 17.5 Å². The Morgan fingerprint density at radius 3 is 2.24 bits per heavy atom. The molecule has 0 saturated heterocycles. The summed E-state index contributed by atoms with van der Waals surface area (Å²) < 4.78 is 45.3. The molecule has 0 radical (unpaired) electrons. The maximum atomic E-state index is 13.5. The van der Waals surface area contributed by atoms with Gasteiger partial charge in [-0.3, -0.25) is 0 Å². The summed E-state index contributed by atoms with van der Waals surface area (Å²) >= 11 is 0. The summed E-state index contributed by atoms with van der Waals surface area (Å²) in [6.07, 6.45) is -1.09. The molecule has 0 bridgehead atoms. The first kappa shape index (κ1) is 15.4. The summed E-state index contributed by atoms with van der Waals surface area (Å²) in [5, 5.41) is 9.94. The molecule has 0 aliphatic carbocycles. The van der Waals surface area contributed by atoms with Crippen LogP contribution in [0.5, 0.6) is 5.75 Å². The number of halogens is 3. The minimum Gasteiger partial charge on any atom is -0.494 e. The van der Waals surface area contributed by atoms with Crippen molar-refractivity contribution in [3.63, 3.8) is 0 Å². The lowest BCUT2D eigenvalue weighted by molar-refractivity contribution is 0.172. The van der Waals surface area contributed by atoms with Gasteiger partial charge in [-0.15, -0.1) is 0 Å². The predicted octanol–water partition coefficient (Wildman–Crippen LogP) is 3.26. The van der Waals surface area contributed by atoms with Crippen LogP contribution in [0.15, 0.2) is 36.4 Å². The van der Waals surface area contributed by atoms with Crippen LogP contribution in [0.25, 0.3) is 0 Å². The van der Waals surface area contributed by atoms with Crippen LogP contribution in [0.2, 0.25) is 0 Å². The fourth-order valence-corrected chi connectivity index (χ4v) is 2.14. The number of hydrogen-bond acceptors (Lipinski definition) is 2. The van der Waals surface area contributed by atoms with Gasteiger partial charge in [0.1, 0.15) is 11.6 Å². The molecule has 1 atom stereocenters. The molecule has 0 saturated carbocycles. The van der Waals surface area contributed by atoms with E-state index in [-0.39, 0.29) is 24.2 Å². The fourth-order valence-electron chi connectivity index (χ4n) is 2.14. The van der Waals surface area contributed by atoms with Gasteiger partial charge in [-0.2, -0.15) is 0 Å². The maximum absolute atomic E-state index is 13.5. The van der Waals surface area contributed by atoms with Crippen LogP contribution in [-0.2, 0) is 12.8 Å². The molecule has 0 aromatic heterocycles. The highest BCUT2D eigenvalue weighted by molar-refractivity contribution is 5.30. The van der Waals surface area contributed by atoms with Gasteiger partial charge in [-0.25, -0.2) is 13.2 Å². The van der Waals surface area contributed by atoms with E-state index in [0.29, 0.717) is 5.56 Å². The van der Waals surface area contributed by atoms with Gasteiger partial charge in [-0.1, -0.05) is 12.1 Å². The lowest BCUT2D eigenvalue weighted by atomic mass is 10.0. The smallest absolute Gasteiger partial charge is 0.165 e. The molecule has 1 N–H and O–H groups in total. The number of aliphatic hydroxyl groups excluding tert-OH is 1.